The van der Waals surface area contributed by atoms with Gasteiger partial charge in [-0.3, -0.25) is 9.59 Å². The van der Waals surface area contributed by atoms with Crippen LogP contribution in [0.1, 0.15) is 56.6 Å². The fraction of sp³-hybridized carbons (Fsp3) is 0.522. The highest BCUT2D eigenvalue weighted by atomic mass is 16.6. The topological polar surface area (TPSA) is 69.7 Å². The molecule has 0 N–H and O–H groups in total. The number of benzene rings is 1. The maximum absolute atomic E-state index is 13.1. The van der Waals surface area contributed by atoms with Crippen LogP contribution in [0.2, 0.25) is 0 Å². The molecule has 2 rings (SSSR count). The summed E-state index contributed by atoms with van der Waals surface area (Å²) in [5.74, 6) is -1.60. The van der Waals surface area contributed by atoms with Crippen LogP contribution >= 0.6 is 0 Å². The van der Waals surface area contributed by atoms with Gasteiger partial charge >= 0.3 is 11.9 Å². The molecule has 5 heteroatoms. The number of aryl methyl sites for hydroxylation is 2. The van der Waals surface area contributed by atoms with E-state index in [9.17, 15) is 14.4 Å². The van der Waals surface area contributed by atoms with Gasteiger partial charge in [-0.2, -0.15) is 0 Å². The first-order valence-electron chi connectivity index (χ1n) is 9.94. The first-order chi connectivity index (χ1) is 13.4. The lowest BCUT2D eigenvalue weighted by molar-refractivity contribution is -0.172. The first kappa shape index (κ1) is 21.9. The van der Waals surface area contributed by atoms with Gasteiger partial charge in [-0.25, -0.2) is 4.79 Å². The van der Waals surface area contributed by atoms with E-state index in [-0.39, 0.29) is 24.9 Å². The quantitative estimate of drug-likeness (QED) is 0.363. The van der Waals surface area contributed by atoms with E-state index >= 15 is 0 Å². The van der Waals surface area contributed by atoms with Gasteiger partial charge in [0.05, 0.1) is 0 Å². The summed E-state index contributed by atoms with van der Waals surface area (Å²) in [5, 5.41) is 0. The van der Waals surface area contributed by atoms with Gasteiger partial charge in [0.2, 0.25) is 0 Å². The van der Waals surface area contributed by atoms with Crippen LogP contribution in [-0.4, -0.2) is 30.4 Å². The van der Waals surface area contributed by atoms with Crippen LogP contribution in [0, 0.1) is 12.3 Å². The zero-order chi connectivity index (χ0) is 20.6. The Labute approximate surface area is 167 Å². The molecule has 0 radical (unpaired) electrons. The van der Waals surface area contributed by atoms with Crippen LogP contribution in [0.25, 0.3) is 0 Å². The molecule has 1 aliphatic rings. The monoisotopic (exact) mass is 386 g/mol. The Kier molecular flexibility index (Phi) is 7.97. The van der Waals surface area contributed by atoms with E-state index in [1.165, 1.54) is 6.92 Å². The maximum atomic E-state index is 13.1. The van der Waals surface area contributed by atoms with Crippen molar-refractivity contribution < 1.29 is 23.9 Å². The normalized spacial score (nSPS) is 16.6. The second-order valence-corrected chi connectivity index (χ2v) is 7.60. The fourth-order valence-electron chi connectivity index (χ4n) is 3.47. The van der Waals surface area contributed by atoms with E-state index < -0.39 is 17.4 Å². The van der Waals surface area contributed by atoms with Crippen LogP contribution < -0.4 is 0 Å². The second kappa shape index (κ2) is 10.2. The van der Waals surface area contributed by atoms with Gasteiger partial charge in [-0.15, -0.1) is 0 Å². The molecule has 1 aromatic carbocycles. The summed E-state index contributed by atoms with van der Waals surface area (Å²) < 4.78 is 10.9. The van der Waals surface area contributed by atoms with Gasteiger partial charge in [0, 0.05) is 6.08 Å². The average molecular weight is 386 g/mol. The minimum absolute atomic E-state index is 0.172. The number of ether oxygens (including phenoxy) is 2. The van der Waals surface area contributed by atoms with Gasteiger partial charge in [0.1, 0.15) is 12.7 Å². The van der Waals surface area contributed by atoms with Gasteiger partial charge in [-0.05, 0) is 57.9 Å². The van der Waals surface area contributed by atoms with Crippen LogP contribution in [0.5, 0.6) is 0 Å². The smallest absolute Gasteiger partial charge is 0.330 e. The van der Waals surface area contributed by atoms with Crippen molar-refractivity contribution in [3.8, 4) is 0 Å². The Morgan fingerprint density at radius 2 is 1.79 bits per heavy atom. The number of ketones is 1. The van der Waals surface area contributed by atoms with Crippen molar-refractivity contribution in [3.05, 3.63) is 48.0 Å². The third-order valence-corrected chi connectivity index (χ3v) is 5.48. The second-order valence-electron chi connectivity index (χ2n) is 7.60. The van der Waals surface area contributed by atoms with Gasteiger partial charge < -0.3 is 9.47 Å². The molecule has 1 unspecified atom stereocenters. The highest BCUT2D eigenvalue weighted by Gasteiger charge is 2.46. The molecule has 152 valence electrons. The predicted molar refractivity (Wildman–Crippen MR) is 107 cm³/mol. The molecule has 0 bridgehead atoms. The Hall–Kier alpha value is -2.43. The Morgan fingerprint density at radius 1 is 1.14 bits per heavy atom. The minimum Gasteiger partial charge on any atom is -0.462 e. The van der Waals surface area contributed by atoms with E-state index in [0.717, 1.165) is 49.3 Å². The Bertz CT molecular complexity index is 700. The molecule has 5 nitrogen and oxygen atoms in total. The van der Waals surface area contributed by atoms with E-state index in [2.05, 4.69) is 6.58 Å². The number of rotatable bonds is 9. The minimum atomic E-state index is -1.50. The molecule has 0 spiro atoms. The van der Waals surface area contributed by atoms with Gasteiger partial charge in [0.15, 0.2) is 11.2 Å². The SMILES string of the molecule is C=CC(=O)OCC(CCc1ccc(C)cc1)(C(C)=O)C(=O)OC1CCCCC1. The molecule has 28 heavy (non-hydrogen) atoms. The third-order valence-electron chi connectivity index (χ3n) is 5.48. The molecule has 1 aromatic rings. The third kappa shape index (κ3) is 5.78. The van der Waals surface area contributed by atoms with Crippen LogP contribution in [0.4, 0.5) is 0 Å². The van der Waals surface area contributed by atoms with Crippen molar-refractivity contribution >= 4 is 17.7 Å². The Morgan fingerprint density at radius 3 is 2.36 bits per heavy atom. The molecular formula is C23H30O5. The molecule has 0 aromatic heterocycles. The van der Waals surface area contributed by atoms with Crippen molar-refractivity contribution in [3.63, 3.8) is 0 Å². The lowest BCUT2D eigenvalue weighted by Gasteiger charge is -2.31. The number of carbonyl (C=O) groups excluding carboxylic acids is 3. The number of hydrogen-bond acceptors (Lipinski definition) is 5. The molecule has 0 amide bonds. The fourth-order valence-corrected chi connectivity index (χ4v) is 3.47. The van der Waals surface area contributed by atoms with Crippen molar-refractivity contribution in [1.29, 1.82) is 0 Å². The molecule has 1 atom stereocenters. The number of hydrogen-bond donors (Lipinski definition) is 0. The number of esters is 2. The summed E-state index contributed by atoms with van der Waals surface area (Å²) in [6.45, 7) is 6.40. The van der Waals surface area contributed by atoms with Gasteiger partial charge in [-0.1, -0.05) is 42.8 Å². The lowest BCUT2D eigenvalue weighted by Crippen LogP contribution is -2.46. The molecular weight excluding hydrogens is 356 g/mol. The predicted octanol–water partition coefficient (Wildman–Crippen LogP) is 4.11. The summed E-state index contributed by atoms with van der Waals surface area (Å²) in [7, 11) is 0. The summed E-state index contributed by atoms with van der Waals surface area (Å²) in [4.78, 5) is 37.3. The highest BCUT2D eigenvalue weighted by molar-refractivity contribution is 6.03. The average Bonchev–Trinajstić information content (AvgIpc) is 2.69. The van der Waals surface area contributed by atoms with Crippen molar-refractivity contribution in [1.82, 2.24) is 0 Å². The number of carbonyl (C=O) groups is 3. The Balaban J connectivity index is 2.20. The van der Waals surface area contributed by atoms with Crippen molar-refractivity contribution in [2.24, 2.45) is 5.41 Å². The summed E-state index contributed by atoms with van der Waals surface area (Å²) in [6, 6.07) is 7.93. The van der Waals surface area contributed by atoms with Crippen LogP contribution in [-0.2, 0) is 30.3 Å². The lowest BCUT2D eigenvalue weighted by atomic mass is 9.79. The molecule has 0 heterocycles. The van der Waals surface area contributed by atoms with Crippen molar-refractivity contribution in [2.45, 2.75) is 64.9 Å². The molecule has 0 aliphatic heterocycles. The molecule has 1 fully saturated rings. The zero-order valence-corrected chi connectivity index (χ0v) is 16.9. The van der Waals surface area contributed by atoms with E-state index in [1.807, 2.05) is 31.2 Å². The molecule has 1 saturated carbocycles. The van der Waals surface area contributed by atoms with Crippen LogP contribution in [0.15, 0.2) is 36.9 Å². The van der Waals surface area contributed by atoms with Crippen molar-refractivity contribution in [2.75, 3.05) is 6.61 Å². The highest BCUT2D eigenvalue weighted by Crippen LogP contribution is 2.31. The molecule has 0 saturated heterocycles. The largest absolute Gasteiger partial charge is 0.462 e. The van der Waals surface area contributed by atoms with Gasteiger partial charge in [0.25, 0.3) is 0 Å². The number of Topliss-reactive ketones (excluding diaryl/α,β-unsaturated/α-hetero) is 1. The van der Waals surface area contributed by atoms with Crippen LogP contribution in [0.3, 0.4) is 0 Å². The van der Waals surface area contributed by atoms with E-state index in [1.54, 1.807) is 0 Å². The van der Waals surface area contributed by atoms with E-state index in [0.29, 0.717) is 6.42 Å². The maximum Gasteiger partial charge on any atom is 0.330 e. The molecule has 1 aliphatic carbocycles. The summed E-state index contributed by atoms with van der Waals surface area (Å²) in [5.41, 5.74) is 0.649. The van der Waals surface area contributed by atoms with E-state index in [4.69, 9.17) is 9.47 Å². The zero-order valence-electron chi connectivity index (χ0n) is 16.9. The first-order valence-corrected chi connectivity index (χ1v) is 9.94. The summed E-state index contributed by atoms with van der Waals surface area (Å²) in [6.07, 6.45) is 6.36. The standard InChI is InChI=1S/C23H30O5/c1-4-21(25)27-16-23(18(3)24,15-14-19-12-10-17(2)11-13-19)22(26)28-20-8-6-5-7-9-20/h4,10-13,20H,1,5-9,14-16H2,2-3H3. The summed E-state index contributed by atoms with van der Waals surface area (Å²) >= 11 is 0.